The van der Waals surface area contributed by atoms with Gasteiger partial charge in [0.05, 0.1) is 44.4 Å². The van der Waals surface area contributed by atoms with Crippen LogP contribution >= 0.6 is 0 Å². The van der Waals surface area contributed by atoms with Crippen molar-refractivity contribution in [3.8, 4) is 17.1 Å². The van der Waals surface area contributed by atoms with E-state index in [-0.39, 0.29) is 5.69 Å². The molecule has 0 aliphatic heterocycles. The lowest BCUT2D eigenvalue weighted by Gasteiger charge is -2.13. The van der Waals surface area contributed by atoms with Gasteiger partial charge in [-0.3, -0.25) is 0 Å². The van der Waals surface area contributed by atoms with Gasteiger partial charge < -0.3 is 13.7 Å². The van der Waals surface area contributed by atoms with E-state index in [2.05, 4.69) is 69.8 Å². The van der Waals surface area contributed by atoms with Crippen LogP contribution in [0.25, 0.3) is 82.5 Å². The molecule has 0 N–H and O–H groups in total. The predicted molar refractivity (Wildman–Crippen MR) is 194 cm³/mol. The number of para-hydroxylation sites is 4. The van der Waals surface area contributed by atoms with Crippen LogP contribution < -0.4 is 0 Å². The zero-order valence-corrected chi connectivity index (χ0v) is 26.3. The summed E-state index contributed by atoms with van der Waals surface area (Å²) in [5.74, 6) is -0.948. The van der Waals surface area contributed by atoms with E-state index in [1.165, 1.54) is 6.07 Å². The Bertz CT molecular complexity index is 2720. The summed E-state index contributed by atoms with van der Waals surface area (Å²) in [6.07, 6.45) is -4.66. The number of fused-ring (bicyclic) bond motifs is 9. The van der Waals surface area contributed by atoms with E-state index in [0.717, 1.165) is 71.8 Å². The van der Waals surface area contributed by atoms with Crippen molar-refractivity contribution in [1.29, 1.82) is 0 Å². The molecule has 3 aromatic heterocycles. The van der Waals surface area contributed by atoms with Gasteiger partial charge in [-0.05, 0) is 78.9 Å². The third-order valence-corrected chi connectivity index (χ3v) is 9.92. The summed E-state index contributed by atoms with van der Waals surface area (Å²) in [6, 6.07) is 47.9. The monoisotopic (exact) mass is 659 g/mol. The van der Waals surface area contributed by atoms with Crippen LogP contribution in [0.3, 0.4) is 0 Å². The van der Waals surface area contributed by atoms with Gasteiger partial charge in [-0.1, -0.05) is 72.8 Å². The van der Waals surface area contributed by atoms with Crippen LogP contribution in [0.2, 0.25) is 0 Å². The largest absolute Gasteiger partial charge is 0.416 e. The molecule has 0 fully saturated rings. The first-order valence-electron chi connectivity index (χ1n) is 16.3. The van der Waals surface area contributed by atoms with Gasteiger partial charge >= 0.3 is 6.18 Å². The number of benzene rings is 7. The van der Waals surface area contributed by atoms with Crippen molar-refractivity contribution < 1.29 is 17.6 Å². The van der Waals surface area contributed by atoms with Gasteiger partial charge in [0.25, 0.3) is 0 Å². The van der Waals surface area contributed by atoms with Crippen LogP contribution in [-0.4, -0.2) is 13.7 Å². The maximum atomic E-state index is 15.8. The standard InChI is InChI=1S/C43H25F4N3/c44-35-23-26(43(45,46)47)17-20-42(35)50-40-21-18-27(48-36-13-5-1-9-29(36)30-10-2-6-14-37(30)48)24-33(40)34-25-28(19-22-41(34)50)49-38-15-7-3-11-31(38)32-12-4-8-16-39(32)49/h1-25H. The molecule has 7 heteroatoms. The number of hydrogen-bond donors (Lipinski definition) is 0. The number of rotatable bonds is 3. The summed E-state index contributed by atoms with van der Waals surface area (Å²) in [5, 5.41) is 6.22. The van der Waals surface area contributed by atoms with Crippen molar-refractivity contribution in [2.45, 2.75) is 6.18 Å². The Labute approximate surface area is 282 Å². The van der Waals surface area contributed by atoms with Gasteiger partial charge in [0, 0.05) is 43.7 Å². The molecular formula is C43H25F4N3. The fraction of sp³-hybridized carbons (Fsp3) is 0.0233. The Morgan fingerprint density at radius 3 is 1.12 bits per heavy atom. The molecule has 0 spiro atoms. The maximum absolute atomic E-state index is 15.8. The second-order valence-corrected chi connectivity index (χ2v) is 12.6. The minimum Gasteiger partial charge on any atom is -0.309 e. The number of aromatic nitrogens is 3. The van der Waals surface area contributed by atoms with Crippen LogP contribution in [0.5, 0.6) is 0 Å². The normalized spacial score (nSPS) is 12.4. The average Bonchev–Trinajstić information content (AvgIpc) is 3.76. The Morgan fingerprint density at radius 1 is 0.360 bits per heavy atom. The van der Waals surface area contributed by atoms with Crippen molar-refractivity contribution in [2.75, 3.05) is 0 Å². The lowest BCUT2D eigenvalue weighted by atomic mass is 10.1. The summed E-state index contributed by atoms with van der Waals surface area (Å²) in [7, 11) is 0. The van der Waals surface area contributed by atoms with E-state index >= 15 is 4.39 Å². The van der Waals surface area contributed by atoms with E-state index in [1.807, 2.05) is 72.8 Å². The van der Waals surface area contributed by atoms with Gasteiger partial charge in [0.1, 0.15) is 5.82 Å². The summed E-state index contributed by atoms with van der Waals surface area (Å²) in [5.41, 5.74) is 6.44. The molecular weight excluding hydrogens is 634 g/mol. The molecule has 0 unspecified atom stereocenters. The molecule has 0 amide bonds. The third-order valence-electron chi connectivity index (χ3n) is 9.92. The minimum atomic E-state index is -4.66. The first-order valence-corrected chi connectivity index (χ1v) is 16.3. The lowest BCUT2D eigenvalue weighted by molar-refractivity contribution is -0.137. The minimum absolute atomic E-state index is 0.0484. The molecule has 0 saturated heterocycles. The zero-order valence-electron chi connectivity index (χ0n) is 26.3. The third kappa shape index (κ3) is 4.03. The van der Waals surface area contributed by atoms with Crippen molar-refractivity contribution in [3.05, 3.63) is 163 Å². The lowest BCUT2D eigenvalue weighted by Crippen LogP contribution is -2.07. The molecule has 3 heterocycles. The van der Waals surface area contributed by atoms with Gasteiger partial charge in [0.2, 0.25) is 0 Å². The Hall–Kier alpha value is -6.34. The molecule has 10 rings (SSSR count). The Balaban J connectivity index is 1.29. The fourth-order valence-electron chi connectivity index (χ4n) is 7.80. The molecule has 0 bridgehead atoms. The molecule has 0 atom stereocenters. The summed E-state index contributed by atoms with van der Waals surface area (Å²) >= 11 is 0. The SMILES string of the molecule is Fc1cc(C(F)(F)F)ccc1-n1c2ccc(-n3c4ccccc4c4ccccc43)cc2c2cc(-n3c4ccccc4c4ccccc43)ccc21. The highest BCUT2D eigenvalue weighted by Crippen LogP contribution is 2.40. The molecule has 10 aromatic rings. The number of hydrogen-bond acceptors (Lipinski definition) is 0. The number of nitrogens with zero attached hydrogens (tertiary/aromatic N) is 3. The van der Waals surface area contributed by atoms with Crippen LogP contribution in [0.4, 0.5) is 17.6 Å². The first-order chi connectivity index (χ1) is 24.4. The second kappa shape index (κ2) is 10.3. The van der Waals surface area contributed by atoms with Crippen molar-refractivity contribution in [1.82, 2.24) is 13.7 Å². The molecule has 50 heavy (non-hydrogen) atoms. The van der Waals surface area contributed by atoms with E-state index in [0.29, 0.717) is 17.1 Å². The maximum Gasteiger partial charge on any atom is 0.416 e. The number of halogens is 4. The number of alkyl halides is 3. The molecule has 0 aliphatic carbocycles. The molecule has 3 nitrogen and oxygen atoms in total. The zero-order chi connectivity index (χ0) is 33.7. The van der Waals surface area contributed by atoms with Crippen LogP contribution in [0.1, 0.15) is 5.56 Å². The van der Waals surface area contributed by atoms with Crippen LogP contribution in [0, 0.1) is 5.82 Å². The molecule has 0 aliphatic rings. The molecule has 7 aromatic carbocycles. The quantitative estimate of drug-likeness (QED) is 0.168. The van der Waals surface area contributed by atoms with Gasteiger partial charge in [-0.2, -0.15) is 13.2 Å². The van der Waals surface area contributed by atoms with Gasteiger partial charge in [0.15, 0.2) is 0 Å². The Morgan fingerprint density at radius 2 is 0.740 bits per heavy atom. The predicted octanol–water partition coefficient (Wildman–Crippen LogP) is 12.1. The highest BCUT2D eigenvalue weighted by atomic mass is 19.4. The summed E-state index contributed by atoms with van der Waals surface area (Å²) < 4.78 is 62.7. The highest BCUT2D eigenvalue weighted by molar-refractivity contribution is 6.14. The van der Waals surface area contributed by atoms with Crippen molar-refractivity contribution in [2.24, 2.45) is 0 Å². The van der Waals surface area contributed by atoms with E-state index in [1.54, 1.807) is 4.57 Å². The van der Waals surface area contributed by atoms with E-state index in [9.17, 15) is 13.2 Å². The van der Waals surface area contributed by atoms with Crippen LogP contribution in [-0.2, 0) is 6.18 Å². The van der Waals surface area contributed by atoms with E-state index in [4.69, 9.17) is 0 Å². The molecule has 0 radical (unpaired) electrons. The van der Waals surface area contributed by atoms with Gasteiger partial charge in [-0.25, -0.2) is 4.39 Å². The van der Waals surface area contributed by atoms with Crippen molar-refractivity contribution >= 4 is 65.4 Å². The summed E-state index contributed by atoms with van der Waals surface area (Å²) in [6.45, 7) is 0. The summed E-state index contributed by atoms with van der Waals surface area (Å²) in [4.78, 5) is 0. The first kappa shape index (κ1) is 28.7. The smallest absolute Gasteiger partial charge is 0.309 e. The van der Waals surface area contributed by atoms with Crippen molar-refractivity contribution in [3.63, 3.8) is 0 Å². The Kier molecular flexibility index (Phi) is 5.92. The molecule has 240 valence electrons. The fourth-order valence-corrected chi connectivity index (χ4v) is 7.80. The van der Waals surface area contributed by atoms with Gasteiger partial charge in [-0.15, -0.1) is 0 Å². The average molecular weight is 660 g/mol. The highest BCUT2D eigenvalue weighted by Gasteiger charge is 2.31. The van der Waals surface area contributed by atoms with E-state index < -0.39 is 17.6 Å². The molecule has 0 saturated carbocycles. The second-order valence-electron chi connectivity index (χ2n) is 12.6. The van der Waals surface area contributed by atoms with Crippen LogP contribution in [0.15, 0.2) is 152 Å². The topological polar surface area (TPSA) is 14.8 Å².